The Kier molecular flexibility index (Phi) is 7.26. The molecular formula is C51H39N. The van der Waals surface area contributed by atoms with E-state index in [1.807, 2.05) is 42.6 Å². The predicted octanol–water partition coefficient (Wildman–Crippen LogP) is 13.2. The number of hydrogen-bond donors (Lipinski definition) is 0. The summed E-state index contributed by atoms with van der Waals surface area (Å²) in [4.78, 5) is 2.10. The SMILES string of the molecule is [2H]C=C([2H])C1c2ccccc2C(c2ccccc2)(c2ccccc2)C1/C([2H])=C/N(c1ccccc1)c1ccc(-c2cc3ccccc3c3ccccc23)cc1. The average Bonchev–Trinajstić information content (AvgIpc) is 3.58. The number of allylic oxidation sites excluding steroid dienone is 2. The van der Waals surface area contributed by atoms with E-state index in [1.165, 1.54) is 27.1 Å². The summed E-state index contributed by atoms with van der Waals surface area (Å²) in [6.45, 7) is 1.15. The molecular weight excluding hydrogens is 627 g/mol. The molecule has 2 atom stereocenters. The number of rotatable bonds is 8. The second kappa shape index (κ2) is 13.4. The van der Waals surface area contributed by atoms with Gasteiger partial charge in [0.2, 0.25) is 0 Å². The van der Waals surface area contributed by atoms with E-state index in [4.69, 9.17) is 1.37 Å². The highest BCUT2D eigenvalue weighted by atomic mass is 15.1. The van der Waals surface area contributed by atoms with Crippen molar-refractivity contribution in [1.82, 2.24) is 0 Å². The number of hydrogen-bond acceptors (Lipinski definition) is 1. The van der Waals surface area contributed by atoms with Crippen molar-refractivity contribution in [2.75, 3.05) is 4.90 Å². The van der Waals surface area contributed by atoms with Crippen LogP contribution in [0.15, 0.2) is 219 Å². The number of para-hydroxylation sites is 1. The smallest absolute Gasteiger partial charge is 0.0595 e. The second-order valence-corrected chi connectivity index (χ2v) is 13.5. The van der Waals surface area contributed by atoms with Crippen molar-refractivity contribution in [2.45, 2.75) is 11.3 Å². The fraction of sp³-hybridized carbons (Fsp3) is 0.0588. The summed E-state index contributed by atoms with van der Waals surface area (Å²) in [5, 5.41) is 4.89. The molecule has 1 aliphatic rings. The average molecular weight is 669 g/mol. The molecule has 0 saturated carbocycles. The molecule has 1 aliphatic carbocycles. The Morgan fingerprint density at radius 1 is 0.558 bits per heavy atom. The lowest BCUT2D eigenvalue weighted by molar-refractivity contribution is 0.459. The zero-order valence-corrected chi connectivity index (χ0v) is 28.7. The van der Waals surface area contributed by atoms with Gasteiger partial charge in [0.25, 0.3) is 0 Å². The zero-order valence-electron chi connectivity index (χ0n) is 31.7. The molecule has 0 saturated heterocycles. The Bertz CT molecular complexity index is 2650. The van der Waals surface area contributed by atoms with Crippen LogP contribution in [0.25, 0.3) is 32.7 Å². The molecule has 8 aromatic carbocycles. The molecule has 0 aromatic heterocycles. The molecule has 0 radical (unpaired) electrons. The first-order valence-electron chi connectivity index (χ1n) is 19.5. The Balaban J connectivity index is 1.23. The molecule has 248 valence electrons. The lowest BCUT2D eigenvalue weighted by Crippen LogP contribution is -2.34. The third-order valence-corrected chi connectivity index (χ3v) is 10.8. The monoisotopic (exact) mass is 668 g/mol. The van der Waals surface area contributed by atoms with Crippen LogP contribution in [0.4, 0.5) is 11.4 Å². The maximum absolute atomic E-state index is 10.2. The molecule has 0 aliphatic heterocycles. The Labute approximate surface area is 310 Å². The Hall–Kier alpha value is -6.44. The number of anilines is 2. The van der Waals surface area contributed by atoms with Crippen LogP contribution >= 0.6 is 0 Å². The topological polar surface area (TPSA) is 3.24 Å². The molecule has 9 rings (SSSR count). The Morgan fingerprint density at radius 3 is 1.81 bits per heavy atom. The molecule has 1 nitrogen and oxygen atoms in total. The van der Waals surface area contributed by atoms with Gasteiger partial charge in [-0.05, 0) is 85.3 Å². The van der Waals surface area contributed by atoms with E-state index in [9.17, 15) is 2.74 Å². The van der Waals surface area contributed by atoms with Crippen molar-refractivity contribution in [2.24, 2.45) is 5.92 Å². The van der Waals surface area contributed by atoms with E-state index >= 15 is 0 Å². The minimum absolute atomic E-state index is 0.183. The summed E-state index contributed by atoms with van der Waals surface area (Å²) in [6, 6.07) is 67.9. The van der Waals surface area contributed by atoms with Crippen molar-refractivity contribution in [3.05, 3.63) is 241 Å². The van der Waals surface area contributed by atoms with Crippen LogP contribution in [0.5, 0.6) is 0 Å². The standard InChI is InChI=1S/C51H39N/c1-2-43-47-28-16-17-29-49(47)51(39-19-6-3-7-20-39,40-21-8-4-9-22-40)50(43)34-35-52(41-23-10-5-11-24-41)42-32-30-37(31-33-42)48-36-38-18-12-13-25-44(38)45-26-14-15-27-46(45)48/h2-36,43,50H,1H2/b35-34+/i1D,2D,34D/b2-1?,35-34+. The lowest BCUT2D eigenvalue weighted by Gasteiger charge is -2.38. The van der Waals surface area contributed by atoms with Gasteiger partial charge in [0.1, 0.15) is 0 Å². The van der Waals surface area contributed by atoms with E-state index in [0.717, 1.165) is 45.7 Å². The van der Waals surface area contributed by atoms with Gasteiger partial charge < -0.3 is 4.90 Å². The molecule has 0 spiro atoms. The highest BCUT2D eigenvalue weighted by molar-refractivity contribution is 6.13. The van der Waals surface area contributed by atoms with Gasteiger partial charge in [-0.1, -0.05) is 176 Å². The fourth-order valence-corrected chi connectivity index (χ4v) is 8.51. The van der Waals surface area contributed by atoms with Gasteiger partial charge in [-0.25, -0.2) is 0 Å². The van der Waals surface area contributed by atoms with Crippen LogP contribution in [0.1, 0.15) is 32.3 Å². The molecule has 0 bridgehead atoms. The van der Waals surface area contributed by atoms with E-state index < -0.39 is 17.3 Å². The summed E-state index contributed by atoms with van der Waals surface area (Å²) in [5.74, 6) is -1.04. The van der Waals surface area contributed by atoms with Crippen molar-refractivity contribution < 1.29 is 4.11 Å². The van der Waals surface area contributed by atoms with Crippen LogP contribution in [0.3, 0.4) is 0 Å². The summed E-state index contributed by atoms with van der Waals surface area (Å²) < 4.78 is 27.8. The van der Waals surface area contributed by atoms with E-state index in [0.29, 0.717) is 6.05 Å². The van der Waals surface area contributed by atoms with Gasteiger partial charge >= 0.3 is 0 Å². The summed E-state index contributed by atoms with van der Waals surface area (Å²) in [5.41, 5.74) is 7.49. The van der Waals surface area contributed by atoms with E-state index in [1.54, 1.807) is 0 Å². The molecule has 1 heteroatoms. The third-order valence-electron chi connectivity index (χ3n) is 10.8. The van der Waals surface area contributed by atoms with Crippen LogP contribution in [-0.4, -0.2) is 0 Å². The third kappa shape index (κ3) is 5.17. The second-order valence-electron chi connectivity index (χ2n) is 13.5. The minimum Gasteiger partial charge on any atom is -0.318 e. The lowest BCUT2D eigenvalue weighted by atomic mass is 9.64. The molecule has 0 amide bonds. The number of fused-ring (bicyclic) bond motifs is 4. The van der Waals surface area contributed by atoms with E-state index in [-0.39, 0.29) is 6.05 Å². The number of benzene rings is 8. The van der Waals surface area contributed by atoms with Crippen molar-refractivity contribution >= 4 is 32.9 Å². The van der Waals surface area contributed by atoms with Gasteiger partial charge in [0.15, 0.2) is 0 Å². The van der Waals surface area contributed by atoms with Gasteiger partial charge in [0, 0.05) is 29.4 Å². The van der Waals surface area contributed by atoms with Crippen molar-refractivity contribution in [3.8, 4) is 11.1 Å². The summed E-state index contributed by atoms with van der Waals surface area (Å²) in [6.07, 6.45) is 1.94. The fourth-order valence-electron chi connectivity index (χ4n) is 8.51. The zero-order chi connectivity index (χ0) is 37.4. The van der Waals surface area contributed by atoms with Crippen molar-refractivity contribution in [3.63, 3.8) is 0 Å². The molecule has 2 unspecified atom stereocenters. The normalized spacial score (nSPS) is 17.7. The summed E-state index contributed by atoms with van der Waals surface area (Å²) in [7, 11) is 0. The number of nitrogens with zero attached hydrogens (tertiary/aromatic N) is 1. The highest BCUT2D eigenvalue weighted by Crippen LogP contribution is 2.58. The van der Waals surface area contributed by atoms with Crippen molar-refractivity contribution in [1.29, 1.82) is 0 Å². The largest absolute Gasteiger partial charge is 0.318 e. The molecule has 0 heterocycles. The first kappa shape index (κ1) is 28.3. The van der Waals surface area contributed by atoms with E-state index in [2.05, 4.69) is 163 Å². The van der Waals surface area contributed by atoms with Crippen LogP contribution in [-0.2, 0) is 5.41 Å². The first-order chi connectivity index (χ1) is 27.1. The molecule has 52 heavy (non-hydrogen) atoms. The maximum Gasteiger partial charge on any atom is 0.0595 e. The minimum atomic E-state index is -0.796. The first-order valence-corrected chi connectivity index (χ1v) is 17.9. The van der Waals surface area contributed by atoms with Gasteiger partial charge in [0.05, 0.1) is 9.53 Å². The quantitative estimate of drug-likeness (QED) is 0.115. The van der Waals surface area contributed by atoms with Crippen LogP contribution in [0.2, 0.25) is 0 Å². The predicted molar refractivity (Wildman–Crippen MR) is 220 cm³/mol. The van der Waals surface area contributed by atoms with Gasteiger partial charge in [-0.2, -0.15) is 0 Å². The molecule has 0 fully saturated rings. The molecule has 0 N–H and O–H groups in total. The molecule has 8 aromatic rings. The van der Waals surface area contributed by atoms with Crippen LogP contribution in [0, 0.1) is 5.92 Å². The maximum atomic E-state index is 10.2. The van der Waals surface area contributed by atoms with Gasteiger partial charge in [-0.15, -0.1) is 6.55 Å². The van der Waals surface area contributed by atoms with Crippen LogP contribution < -0.4 is 4.90 Å². The van der Waals surface area contributed by atoms with Gasteiger partial charge in [-0.3, -0.25) is 0 Å². The highest BCUT2D eigenvalue weighted by Gasteiger charge is 2.52. The summed E-state index contributed by atoms with van der Waals surface area (Å²) >= 11 is 0. The Morgan fingerprint density at radius 2 is 1.12 bits per heavy atom.